The fourth-order valence-electron chi connectivity index (χ4n) is 1.09. The first-order chi connectivity index (χ1) is 5.66. The number of thiophene rings is 1. The molecular weight excluding hydrogens is 303 g/mol. The predicted molar refractivity (Wildman–Crippen MR) is 63.5 cm³/mol. The van der Waals surface area contributed by atoms with Crippen molar-refractivity contribution in [3.63, 3.8) is 0 Å². The van der Waals surface area contributed by atoms with Gasteiger partial charge >= 0.3 is 0 Å². The van der Waals surface area contributed by atoms with Crippen molar-refractivity contribution < 1.29 is 5.11 Å². The van der Waals surface area contributed by atoms with Crippen molar-refractivity contribution in [2.24, 2.45) is 0 Å². The first-order valence-corrected chi connectivity index (χ1v) is 5.62. The number of thiol groups is 1. The van der Waals surface area contributed by atoms with Crippen LogP contribution in [0.3, 0.4) is 0 Å². The lowest BCUT2D eigenvalue weighted by atomic mass is 10.3. The Morgan fingerprint density at radius 2 is 2.08 bits per heavy atom. The summed E-state index contributed by atoms with van der Waals surface area (Å²) in [5.41, 5.74) is 0. The second kappa shape index (κ2) is 3.08. The largest absolute Gasteiger partial charge is 0.499 e. The normalized spacial score (nSPS) is 10.8. The molecule has 1 aromatic heterocycles. The molecule has 0 fully saturated rings. The number of hydrogen-bond donors (Lipinski definition) is 2. The third kappa shape index (κ3) is 1.43. The highest BCUT2D eigenvalue weighted by atomic mass is 127. The average Bonchev–Trinajstić information content (AvgIpc) is 2.29. The Morgan fingerprint density at radius 1 is 1.33 bits per heavy atom. The Hall–Kier alpha value is 0.0600. The summed E-state index contributed by atoms with van der Waals surface area (Å²) in [6, 6.07) is 5.79. The van der Waals surface area contributed by atoms with Crippen LogP contribution in [-0.2, 0) is 0 Å². The van der Waals surface area contributed by atoms with Gasteiger partial charge in [0.15, 0.2) is 5.06 Å². The highest BCUT2D eigenvalue weighted by Crippen LogP contribution is 2.35. The van der Waals surface area contributed by atoms with E-state index < -0.39 is 0 Å². The Morgan fingerprint density at radius 3 is 2.83 bits per heavy atom. The van der Waals surface area contributed by atoms with Crippen LogP contribution in [0.2, 0.25) is 0 Å². The molecule has 62 valence electrons. The van der Waals surface area contributed by atoms with Gasteiger partial charge in [-0.1, -0.05) is 11.3 Å². The molecule has 1 N–H and O–H groups in total. The van der Waals surface area contributed by atoms with Crippen molar-refractivity contribution >= 4 is 56.6 Å². The third-order valence-corrected chi connectivity index (χ3v) is 3.66. The fraction of sp³-hybridized carbons (Fsp3) is 0. The molecule has 1 aromatic carbocycles. The maximum absolute atomic E-state index is 9.25. The second-order valence-electron chi connectivity index (χ2n) is 2.43. The molecule has 2 rings (SSSR count). The SMILES string of the molecule is Oc1cc2cc(I)cc(S)c2s1. The highest BCUT2D eigenvalue weighted by Gasteiger charge is 2.04. The van der Waals surface area contributed by atoms with Crippen LogP contribution in [0.5, 0.6) is 5.06 Å². The van der Waals surface area contributed by atoms with E-state index in [0.29, 0.717) is 5.06 Å². The van der Waals surface area contributed by atoms with E-state index in [9.17, 15) is 5.11 Å². The van der Waals surface area contributed by atoms with Gasteiger partial charge in [0.05, 0.1) is 4.70 Å². The molecule has 0 unspecified atom stereocenters. The maximum Gasteiger partial charge on any atom is 0.172 e. The van der Waals surface area contributed by atoms with Gasteiger partial charge in [0.2, 0.25) is 0 Å². The van der Waals surface area contributed by atoms with Crippen LogP contribution in [0.15, 0.2) is 23.1 Å². The molecule has 2 aromatic rings. The number of fused-ring (bicyclic) bond motifs is 1. The third-order valence-electron chi connectivity index (χ3n) is 1.55. The van der Waals surface area contributed by atoms with Crippen LogP contribution >= 0.6 is 46.6 Å². The van der Waals surface area contributed by atoms with Crippen molar-refractivity contribution in [3.8, 4) is 5.06 Å². The van der Waals surface area contributed by atoms with Crippen molar-refractivity contribution in [1.82, 2.24) is 0 Å². The van der Waals surface area contributed by atoms with E-state index in [1.807, 2.05) is 12.1 Å². The molecule has 0 aliphatic heterocycles. The smallest absolute Gasteiger partial charge is 0.172 e. The summed E-state index contributed by atoms with van der Waals surface area (Å²) in [4.78, 5) is 0.933. The first-order valence-electron chi connectivity index (χ1n) is 3.28. The number of rotatable bonds is 0. The molecule has 0 saturated carbocycles. The maximum atomic E-state index is 9.25. The van der Waals surface area contributed by atoms with Crippen LogP contribution in [0.4, 0.5) is 0 Å². The number of halogens is 1. The monoisotopic (exact) mass is 308 g/mol. The Kier molecular flexibility index (Phi) is 2.22. The van der Waals surface area contributed by atoms with E-state index in [2.05, 4.69) is 35.2 Å². The molecule has 1 nitrogen and oxygen atoms in total. The van der Waals surface area contributed by atoms with Crippen LogP contribution in [0.1, 0.15) is 0 Å². The van der Waals surface area contributed by atoms with Crippen molar-refractivity contribution in [3.05, 3.63) is 21.8 Å². The molecule has 4 heteroatoms. The van der Waals surface area contributed by atoms with Gasteiger partial charge in [-0.05, 0) is 46.2 Å². The summed E-state index contributed by atoms with van der Waals surface area (Å²) in [6.07, 6.45) is 0. The van der Waals surface area contributed by atoms with Gasteiger partial charge in [-0.25, -0.2) is 0 Å². The Bertz CT molecular complexity index is 436. The van der Waals surface area contributed by atoms with Gasteiger partial charge in [0, 0.05) is 8.47 Å². The van der Waals surface area contributed by atoms with E-state index in [1.165, 1.54) is 11.3 Å². The van der Waals surface area contributed by atoms with Gasteiger partial charge in [0.25, 0.3) is 0 Å². The molecule has 0 spiro atoms. The fourth-order valence-corrected chi connectivity index (χ4v) is 3.18. The second-order valence-corrected chi connectivity index (χ2v) is 5.19. The lowest BCUT2D eigenvalue weighted by Gasteiger charge is -1.94. The van der Waals surface area contributed by atoms with Gasteiger partial charge in [-0.3, -0.25) is 0 Å². The molecule has 1 heterocycles. The van der Waals surface area contributed by atoms with Crippen molar-refractivity contribution in [2.75, 3.05) is 0 Å². The lowest BCUT2D eigenvalue weighted by molar-refractivity contribution is 0.491. The van der Waals surface area contributed by atoms with E-state index in [4.69, 9.17) is 0 Å². The molecule has 0 aliphatic rings. The summed E-state index contributed by atoms with van der Waals surface area (Å²) in [5, 5.41) is 10.7. The topological polar surface area (TPSA) is 20.2 Å². The van der Waals surface area contributed by atoms with Gasteiger partial charge < -0.3 is 5.11 Å². The summed E-state index contributed by atoms with van der Waals surface area (Å²) in [5.74, 6) is 0. The Labute approximate surface area is 93.0 Å². The quantitative estimate of drug-likeness (QED) is 0.564. The molecule has 0 amide bonds. The van der Waals surface area contributed by atoms with E-state index in [1.54, 1.807) is 6.07 Å². The van der Waals surface area contributed by atoms with E-state index >= 15 is 0 Å². The number of aromatic hydroxyl groups is 1. The molecule has 12 heavy (non-hydrogen) atoms. The summed E-state index contributed by atoms with van der Waals surface area (Å²) >= 11 is 7.93. The molecule has 0 bridgehead atoms. The predicted octanol–water partition coefficient (Wildman–Crippen LogP) is 3.50. The lowest BCUT2D eigenvalue weighted by Crippen LogP contribution is -1.71. The molecule has 0 aliphatic carbocycles. The van der Waals surface area contributed by atoms with Crippen LogP contribution in [0.25, 0.3) is 10.1 Å². The summed E-state index contributed by atoms with van der Waals surface area (Å²) in [6.45, 7) is 0. The number of benzene rings is 1. The van der Waals surface area contributed by atoms with Crippen molar-refractivity contribution in [2.45, 2.75) is 4.90 Å². The molecule has 0 radical (unpaired) electrons. The summed E-state index contributed by atoms with van der Waals surface area (Å²) in [7, 11) is 0. The zero-order valence-electron chi connectivity index (χ0n) is 5.91. The zero-order chi connectivity index (χ0) is 8.72. The minimum absolute atomic E-state index is 0.349. The molecular formula is C8H5IOS2. The van der Waals surface area contributed by atoms with Crippen molar-refractivity contribution in [1.29, 1.82) is 0 Å². The zero-order valence-corrected chi connectivity index (χ0v) is 9.78. The first kappa shape index (κ1) is 8.65. The minimum atomic E-state index is 0.349. The van der Waals surface area contributed by atoms with Gasteiger partial charge in [0.1, 0.15) is 0 Å². The Balaban J connectivity index is 2.88. The van der Waals surface area contributed by atoms with E-state index in [-0.39, 0.29) is 0 Å². The number of hydrogen-bond acceptors (Lipinski definition) is 3. The van der Waals surface area contributed by atoms with Crippen LogP contribution in [0, 0.1) is 3.57 Å². The highest BCUT2D eigenvalue weighted by molar-refractivity contribution is 14.1. The average molecular weight is 308 g/mol. The van der Waals surface area contributed by atoms with Crippen LogP contribution < -0.4 is 0 Å². The summed E-state index contributed by atoms with van der Waals surface area (Å²) < 4.78 is 2.19. The molecule has 0 saturated heterocycles. The van der Waals surface area contributed by atoms with Gasteiger partial charge in [-0.2, -0.15) is 0 Å². The minimum Gasteiger partial charge on any atom is -0.499 e. The van der Waals surface area contributed by atoms with Crippen LogP contribution in [-0.4, -0.2) is 5.11 Å². The standard InChI is InChI=1S/C8H5IOS2/c9-5-1-4-2-7(10)12-8(4)6(11)3-5/h1-3,10-11H. The van der Waals surface area contributed by atoms with E-state index in [0.717, 1.165) is 18.6 Å². The molecule has 0 atom stereocenters. The van der Waals surface area contributed by atoms with Gasteiger partial charge in [-0.15, -0.1) is 12.6 Å².